The number of fused-ring (bicyclic) bond motifs is 1. The van der Waals surface area contributed by atoms with Crippen molar-refractivity contribution in [3.63, 3.8) is 0 Å². The summed E-state index contributed by atoms with van der Waals surface area (Å²) in [5.41, 5.74) is 0.633. The Balaban J connectivity index is 2.37. The molecule has 2 nitrogen and oxygen atoms in total. The van der Waals surface area contributed by atoms with Crippen LogP contribution < -0.4 is 4.90 Å². The van der Waals surface area contributed by atoms with Crippen LogP contribution in [0.2, 0.25) is 0 Å². The van der Waals surface area contributed by atoms with E-state index in [0.29, 0.717) is 12.1 Å². The van der Waals surface area contributed by atoms with Crippen LogP contribution in [0.3, 0.4) is 0 Å². The number of hydrogen-bond donors (Lipinski definition) is 0. The molecule has 0 bridgehead atoms. The molecule has 1 aromatic rings. The zero-order valence-corrected chi connectivity index (χ0v) is 9.22. The Hall–Kier alpha value is -1.21. The molecule has 78 valence electrons. The summed E-state index contributed by atoms with van der Waals surface area (Å²) in [6.45, 7) is 0. The van der Waals surface area contributed by atoms with Crippen molar-refractivity contribution in [3.8, 4) is 6.07 Å². The molecule has 0 amide bonds. The van der Waals surface area contributed by atoms with Crippen molar-refractivity contribution in [2.75, 3.05) is 17.7 Å². The Kier molecular flexibility index (Phi) is 2.83. The molecule has 0 saturated carbocycles. The highest BCUT2D eigenvalue weighted by molar-refractivity contribution is 7.99. The van der Waals surface area contributed by atoms with Gasteiger partial charge in [0.05, 0.1) is 24.2 Å². The topological polar surface area (TPSA) is 27.0 Å². The summed E-state index contributed by atoms with van der Waals surface area (Å²) < 4.78 is 13.6. The van der Waals surface area contributed by atoms with Crippen molar-refractivity contribution in [3.05, 3.63) is 24.0 Å². The van der Waals surface area contributed by atoms with Crippen LogP contribution in [0, 0.1) is 17.1 Å². The van der Waals surface area contributed by atoms with E-state index in [-0.39, 0.29) is 11.9 Å². The standard InChI is InChI=1S/C11H11FN2S/c1-14-8(5-6-13)7-15-10-4-2-3-9(12)11(10)14/h2-4,8H,5,7H2,1H3. The molecule has 0 saturated heterocycles. The molecule has 1 unspecified atom stereocenters. The Labute approximate surface area is 92.7 Å². The lowest BCUT2D eigenvalue weighted by molar-refractivity contribution is 0.600. The molecule has 1 heterocycles. The highest BCUT2D eigenvalue weighted by Gasteiger charge is 2.25. The maximum atomic E-state index is 13.6. The molecule has 0 aliphatic carbocycles. The third-order valence-electron chi connectivity index (χ3n) is 2.61. The molecule has 0 spiro atoms. The minimum Gasteiger partial charge on any atom is -0.366 e. The highest BCUT2D eigenvalue weighted by Crippen LogP contribution is 2.38. The SMILES string of the molecule is CN1c2c(F)cccc2SCC1CC#N. The van der Waals surface area contributed by atoms with Crippen molar-refractivity contribution in [2.24, 2.45) is 0 Å². The largest absolute Gasteiger partial charge is 0.366 e. The van der Waals surface area contributed by atoms with Crippen LogP contribution >= 0.6 is 11.8 Å². The number of benzene rings is 1. The van der Waals surface area contributed by atoms with E-state index in [9.17, 15) is 4.39 Å². The number of hydrogen-bond acceptors (Lipinski definition) is 3. The van der Waals surface area contributed by atoms with Gasteiger partial charge in [-0.2, -0.15) is 5.26 Å². The third kappa shape index (κ3) is 1.80. The van der Waals surface area contributed by atoms with Crippen LogP contribution in [-0.2, 0) is 0 Å². The average Bonchev–Trinajstić information content (AvgIpc) is 2.22. The quantitative estimate of drug-likeness (QED) is 0.731. The molecule has 1 atom stereocenters. The van der Waals surface area contributed by atoms with Gasteiger partial charge in [0.25, 0.3) is 0 Å². The van der Waals surface area contributed by atoms with E-state index in [2.05, 4.69) is 6.07 Å². The molecular weight excluding hydrogens is 211 g/mol. The fraction of sp³-hybridized carbons (Fsp3) is 0.364. The van der Waals surface area contributed by atoms with E-state index in [1.165, 1.54) is 6.07 Å². The van der Waals surface area contributed by atoms with E-state index in [1.54, 1.807) is 17.8 Å². The van der Waals surface area contributed by atoms with Gasteiger partial charge < -0.3 is 4.90 Å². The van der Waals surface area contributed by atoms with Gasteiger partial charge in [0.2, 0.25) is 0 Å². The van der Waals surface area contributed by atoms with Crippen LogP contribution in [0.15, 0.2) is 23.1 Å². The van der Waals surface area contributed by atoms with E-state index < -0.39 is 0 Å². The Morgan fingerprint density at radius 3 is 3.20 bits per heavy atom. The summed E-state index contributed by atoms with van der Waals surface area (Å²) in [6.07, 6.45) is 0.442. The van der Waals surface area contributed by atoms with E-state index in [4.69, 9.17) is 5.26 Å². The van der Waals surface area contributed by atoms with Crippen molar-refractivity contribution < 1.29 is 4.39 Å². The summed E-state index contributed by atoms with van der Waals surface area (Å²) >= 11 is 1.62. The van der Waals surface area contributed by atoms with Gasteiger partial charge in [0.1, 0.15) is 5.82 Å². The maximum absolute atomic E-state index is 13.6. The first-order valence-corrected chi connectivity index (χ1v) is 5.73. The van der Waals surface area contributed by atoms with Gasteiger partial charge in [-0.15, -0.1) is 11.8 Å². The van der Waals surface area contributed by atoms with Gasteiger partial charge in [0, 0.05) is 17.7 Å². The average molecular weight is 222 g/mol. The molecule has 0 fully saturated rings. The van der Waals surface area contributed by atoms with Gasteiger partial charge in [0.15, 0.2) is 0 Å². The summed E-state index contributed by atoms with van der Waals surface area (Å²) in [4.78, 5) is 2.84. The van der Waals surface area contributed by atoms with Gasteiger partial charge in [-0.1, -0.05) is 6.07 Å². The lowest BCUT2D eigenvalue weighted by Gasteiger charge is -2.34. The molecule has 0 radical (unpaired) electrons. The van der Waals surface area contributed by atoms with Crippen LogP contribution in [-0.4, -0.2) is 18.8 Å². The first-order valence-electron chi connectivity index (χ1n) is 4.75. The summed E-state index contributed by atoms with van der Waals surface area (Å²) in [7, 11) is 1.85. The number of nitriles is 1. The molecule has 1 aromatic carbocycles. The Bertz CT molecular complexity index is 414. The maximum Gasteiger partial charge on any atom is 0.147 e. The number of para-hydroxylation sites is 1. The van der Waals surface area contributed by atoms with Gasteiger partial charge in [-0.3, -0.25) is 0 Å². The van der Waals surface area contributed by atoms with Crippen molar-refractivity contribution in [1.29, 1.82) is 5.26 Å². The second-order valence-corrected chi connectivity index (χ2v) is 4.59. The predicted molar refractivity (Wildman–Crippen MR) is 59.5 cm³/mol. The van der Waals surface area contributed by atoms with Crippen LogP contribution in [0.25, 0.3) is 0 Å². The van der Waals surface area contributed by atoms with Crippen LogP contribution in [0.4, 0.5) is 10.1 Å². The first-order chi connectivity index (χ1) is 7.24. The highest BCUT2D eigenvalue weighted by atomic mass is 32.2. The molecular formula is C11H11FN2S. The monoisotopic (exact) mass is 222 g/mol. The molecule has 1 aliphatic heterocycles. The van der Waals surface area contributed by atoms with Gasteiger partial charge in [-0.05, 0) is 12.1 Å². The normalized spacial score (nSPS) is 19.5. The number of thioether (sulfide) groups is 1. The van der Waals surface area contributed by atoms with E-state index >= 15 is 0 Å². The fourth-order valence-corrected chi connectivity index (χ4v) is 3.00. The Morgan fingerprint density at radius 1 is 1.67 bits per heavy atom. The molecule has 0 N–H and O–H groups in total. The smallest absolute Gasteiger partial charge is 0.147 e. The van der Waals surface area contributed by atoms with Crippen molar-refractivity contribution in [2.45, 2.75) is 17.4 Å². The third-order valence-corrected chi connectivity index (χ3v) is 3.80. The van der Waals surface area contributed by atoms with E-state index in [1.807, 2.05) is 18.0 Å². The summed E-state index contributed by atoms with van der Waals surface area (Å²) in [5, 5.41) is 8.67. The van der Waals surface area contributed by atoms with Crippen LogP contribution in [0.5, 0.6) is 0 Å². The van der Waals surface area contributed by atoms with Gasteiger partial charge in [-0.25, -0.2) is 4.39 Å². The number of nitrogens with zero attached hydrogens (tertiary/aromatic N) is 2. The van der Waals surface area contributed by atoms with Crippen molar-refractivity contribution in [1.82, 2.24) is 0 Å². The second-order valence-electron chi connectivity index (χ2n) is 3.52. The zero-order chi connectivity index (χ0) is 10.8. The van der Waals surface area contributed by atoms with Gasteiger partial charge >= 0.3 is 0 Å². The fourth-order valence-electron chi connectivity index (χ4n) is 1.74. The van der Waals surface area contributed by atoms with E-state index in [0.717, 1.165) is 10.6 Å². The minimum absolute atomic E-state index is 0.115. The molecule has 15 heavy (non-hydrogen) atoms. The first kappa shape index (κ1) is 10.3. The summed E-state index contributed by atoms with van der Waals surface area (Å²) in [5.74, 6) is 0.644. The molecule has 0 aromatic heterocycles. The zero-order valence-electron chi connectivity index (χ0n) is 8.40. The number of halogens is 1. The van der Waals surface area contributed by atoms with Crippen molar-refractivity contribution >= 4 is 17.4 Å². The lowest BCUT2D eigenvalue weighted by atomic mass is 10.2. The number of rotatable bonds is 1. The lowest BCUT2D eigenvalue weighted by Crippen LogP contribution is -2.36. The summed E-state index contributed by atoms with van der Waals surface area (Å²) in [6, 6.07) is 7.36. The molecule has 1 aliphatic rings. The Morgan fingerprint density at radius 2 is 2.47 bits per heavy atom. The molecule has 4 heteroatoms. The predicted octanol–water partition coefficient (Wildman–Crippen LogP) is 2.65. The molecule has 2 rings (SSSR count). The second kappa shape index (κ2) is 4.11. The minimum atomic E-state index is -0.204. The van der Waals surface area contributed by atoms with Crippen LogP contribution in [0.1, 0.15) is 6.42 Å². The number of anilines is 1.